The van der Waals surface area contributed by atoms with Gasteiger partial charge in [-0.1, -0.05) is 36.4 Å². The van der Waals surface area contributed by atoms with Gasteiger partial charge in [-0.25, -0.2) is 0 Å². The van der Waals surface area contributed by atoms with Crippen molar-refractivity contribution in [1.29, 1.82) is 0 Å². The smallest absolute Gasteiger partial charge is 0.234 e. The minimum atomic E-state index is -0.546. The van der Waals surface area contributed by atoms with Crippen LogP contribution in [0.2, 0.25) is 0 Å². The highest BCUT2D eigenvalue weighted by molar-refractivity contribution is 6.52. The van der Waals surface area contributed by atoms with Crippen LogP contribution in [0.4, 0.5) is 0 Å². The fourth-order valence-corrected chi connectivity index (χ4v) is 3.31. The number of aliphatic hydroxyl groups excluding tert-OH is 1. The normalized spacial score (nSPS) is 21.2. The maximum atomic E-state index is 12.2. The fraction of sp³-hybridized carbons (Fsp3) is 0.368. The molecule has 114 valence electrons. The number of benzene rings is 1. The van der Waals surface area contributed by atoms with Crippen LogP contribution in [0.25, 0.3) is 5.76 Å². The van der Waals surface area contributed by atoms with Gasteiger partial charge in [0.25, 0.3) is 0 Å². The van der Waals surface area contributed by atoms with E-state index in [0.29, 0.717) is 23.5 Å². The zero-order chi connectivity index (χ0) is 15.5. The third-order valence-electron chi connectivity index (χ3n) is 4.55. The van der Waals surface area contributed by atoms with Gasteiger partial charge in [-0.3, -0.25) is 9.59 Å². The van der Waals surface area contributed by atoms with Crippen molar-refractivity contribution in [3.63, 3.8) is 0 Å². The summed E-state index contributed by atoms with van der Waals surface area (Å²) in [5.41, 5.74) is 1.08. The molecular formula is C19H20O3. The van der Waals surface area contributed by atoms with E-state index in [9.17, 15) is 14.7 Å². The van der Waals surface area contributed by atoms with Crippen LogP contribution in [0.15, 0.2) is 42.0 Å². The molecule has 3 rings (SSSR count). The Morgan fingerprint density at radius 2 is 1.86 bits per heavy atom. The van der Waals surface area contributed by atoms with Crippen molar-refractivity contribution >= 4 is 17.3 Å². The maximum absolute atomic E-state index is 12.2. The second kappa shape index (κ2) is 6.30. The van der Waals surface area contributed by atoms with Gasteiger partial charge in [-0.15, -0.1) is 0 Å². The van der Waals surface area contributed by atoms with Crippen LogP contribution in [0.5, 0.6) is 0 Å². The first kappa shape index (κ1) is 14.8. The van der Waals surface area contributed by atoms with Gasteiger partial charge in [-0.2, -0.15) is 0 Å². The molecule has 2 aliphatic carbocycles. The van der Waals surface area contributed by atoms with E-state index in [1.54, 1.807) is 24.3 Å². The summed E-state index contributed by atoms with van der Waals surface area (Å²) < 4.78 is 0. The average molecular weight is 296 g/mol. The van der Waals surface area contributed by atoms with Crippen molar-refractivity contribution in [2.24, 2.45) is 5.92 Å². The lowest BCUT2D eigenvalue weighted by molar-refractivity contribution is -0.112. The highest BCUT2D eigenvalue weighted by Gasteiger charge is 2.32. The molecule has 0 unspecified atom stereocenters. The summed E-state index contributed by atoms with van der Waals surface area (Å²) in [6.07, 6.45) is 10.3. The highest BCUT2D eigenvalue weighted by atomic mass is 16.3. The van der Waals surface area contributed by atoms with Crippen LogP contribution in [0.3, 0.4) is 0 Å². The summed E-state index contributed by atoms with van der Waals surface area (Å²) >= 11 is 0. The highest BCUT2D eigenvalue weighted by Crippen LogP contribution is 2.31. The van der Waals surface area contributed by atoms with E-state index < -0.39 is 11.6 Å². The zero-order valence-corrected chi connectivity index (χ0v) is 12.5. The van der Waals surface area contributed by atoms with E-state index in [1.807, 2.05) is 0 Å². The molecule has 1 atom stereocenters. The number of Topliss-reactive ketones (excluding diaryl/α,β-unsaturated/α-hetero) is 2. The number of fused-ring (bicyclic) bond motifs is 1. The fourth-order valence-electron chi connectivity index (χ4n) is 3.31. The molecule has 0 bridgehead atoms. The first-order chi connectivity index (χ1) is 10.7. The quantitative estimate of drug-likeness (QED) is 0.667. The van der Waals surface area contributed by atoms with Crippen LogP contribution in [-0.2, 0) is 4.79 Å². The molecule has 0 fully saturated rings. The number of carbonyl (C=O) groups excluding carboxylic acids is 2. The Labute approximate surface area is 130 Å². The Kier molecular flexibility index (Phi) is 4.23. The summed E-state index contributed by atoms with van der Waals surface area (Å²) in [6, 6.07) is 6.76. The number of allylic oxidation sites excluding steroid dienone is 3. The molecule has 0 radical (unpaired) electrons. The van der Waals surface area contributed by atoms with Crippen molar-refractivity contribution in [2.75, 3.05) is 0 Å². The molecule has 0 saturated carbocycles. The van der Waals surface area contributed by atoms with Crippen molar-refractivity contribution in [1.82, 2.24) is 0 Å². The predicted octanol–water partition coefficient (Wildman–Crippen LogP) is 4.25. The third kappa shape index (κ3) is 2.76. The van der Waals surface area contributed by atoms with Gasteiger partial charge in [0, 0.05) is 16.7 Å². The molecule has 3 nitrogen and oxygen atoms in total. The van der Waals surface area contributed by atoms with Gasteiger partial charge in [-0.05, 0) is 44.4 Å². The zero-order valence-electron chi connectivity index (χ0n) is 12.5. The van der Waals surface area contributed by atoms with Crippen LogP contribution >= 0.6 is 0 Å². The number of ketones is 2. The lowest BCUT2D eigenvalue weighted by Crippen LogP contribution is -2.24. The summed E-state index contributed by atoms with van der Waals surface area (Å²) in [6.45, 7) is 0. The molecule has 1 N–H and O–H groups in total. The molecule has 22 heavy (non-hydrogen) atoms. The minimum absolute atomic E-state index is 0.0145. The lowest BCUT2D eigenvalue weighted by atomic mass is 9.85. The van der Waals surface area contributed by atoms with Gasteiger partial charge < -0.3 is 5.11 Å². The van der Waals surface area contributed by atoms with E-state index in [1.165, 1.54) is 12.8 Å². The summed E-state index contributed by atoms with van der Waals surface area (Å²) in [5, 5.41) is 10.3. The molecule has 1 aromatic carbocycles. The second-order valence-corrected chi connectivity index (χ2v) is 6.04. The second-order valence-electron chi connectivity index (χ2n) is 6.04. The Morgan fingerprint density at radius 3 is 2.59 bits per heavy atom. The van der Waals surface area contributed by atoms with E-state index in [0.717, 1.165) is 19.3 Å². The topological polar surface area (TPSA) is 54.4 Å². The third-order valence-corrected chi connectivity index (χ3v) is 4.55. The van der Waals surface area contributed by atoms with Gasteiger partial charge in [0.15, 0.2) is 0 Å². The van der Waals surface area contributed by atoms with Gasteiger partial charge in [0.1, 0.15) is 5.76 Å². The van der Waals surface area contributed by atoms with Crippen molar-refractivity contribution in [3.8, 4) is 0 Å². The van der Waals surface area contributed by atoms with Crippen molar-refractivity contribution in [2.45, 2.75) is 38.5 Å². The molecule has 0 aromatic heterocycles. The average Bonchev–Trinajstić information content (AvgIpc) is 2.57. The molecule has 0 amide bonds. The number of rotatable bonds is 4. The predicted molar refractivity (Wildman–Crippen MR) is 85.7 cm³/mol. The van der Waals surface area contributed by atoms with E-state index in [-0.39, 0.29) is 11.3 Å². The molecule has 0 aliphatic heterocycles. The van der Waals surface area contributed by atoms with Crippen LogP contribution in [-0.4, -0.2) is 16.7 Å². The molecule has 0 spiro atoms. The summed E-state index contributed by atoms with van der Waals surface area (Å²) in [7, 11) is 0. The first-order valence-corrected chi connectivity index (χ1v) is 7.95. The number of aliphatic hydroxyl groups is 1. The Hall–Kier alpha value is -2.16. The molecule has 0 saturated heterocycles. The van der Waals surface area contributed by atoms with Gasteiger partial charge in [0.2, 0.25) is 11.6 Å². The number of hydrogen-bond donors (Lipinski definition) is 1. The van der Waals surface area contributed by atoms with E-state index in [4.69, 9.17) is 0 Å². The monoisotopic (exact) mass is 296 g/mol. The largest absolute Gasteiger partial charge is 0.507 e. The standard InChI is InChI=1S/C19H20O3/c20-17-14-10-4-5-11-15(14)18(21)19(22)16(17)12-6-9-13-7-2-1-3-8-13/h2,4-5,7,10-11,13,20H,1,3,6,8-9,12H2/t13-/m1/s1. The van der Waals surface area contributed by atoms with Crippen LogP contribution in [0, 0.1) is 5.92 Å². The summed E-state index contributed by atoms with van der Waals surface area (Å²) in [4.78, 5) is 24.3. The summed E-state index contributed by atoms with van der Waals surface area (Å²) in [5.74, 6) is -0.492. The minimum Gasteiger partial charge on any atom is -0.507 e. The van der Waals surface area contributed by atoms with Crippen molar-refractivity contribution in [3.05, 3.63) is 53.1 Å². The van der Waals surface area contributed by atoms with Crippen LogP contribution < -0.4 is 0 Å². The van der Waals surface area contributed by atoms with Crippen molar-refractivity contribution < 1.29 is 14.7 Å². The van der Waals surface area contributed by atoms with E-state index in [2.05, 4.69) is 12.2 Å². The Morgan fingerprint density at radius 1 is 1.09 bits per heavy atom. The lowest BCUT2D eigenvalue weighted by Gasteiger charge is -2.19. The Balaban J connectivity index is 1.74. The molecular weight excluding hydrogens is 276 g/mol. The first-order valence-electron chi connectivity index (χ1n) is 7.95. The number of hydrogen-bond acceptors (Lipinski definition) is 3. The molecule has 3 heteroatoms. The molecule has 0 heterocycles. The van der Waals surface area contributed by atoms with Gasteiger partial charge >= 0.3 is 0 Å². The molecule has 2 aliphatic rings. The Bertz CT molecular complexity index is 667. The SMILES string of the molecule is O=C1C(=O)c2ccccc2C(O)=C1CCC[C@@H]1C=CCCC1. The van der Waals surface area contributed by atoms with E-state index >= 15 is 0 Å². The van der Waals surface area contributed by atoms with Gasteiger partial charge in [0.05, 0.1) is 0 Å². The maximum Gasteiger partial charge on any atom is 0.234 e. The molecule has 1 aromatic rings. The number of carbonyl (C=O) groups is 2. The van der Waals surface area contributed by atoms with Crippen LogP contribution in [0.1, 0.15) is 54.4 Å².